The molecule has 51 valence electrons. The Labute approximate surface area is 49.9 Å². The molecule has 0 aromatic carbocycles. The van der Waals surface area contributed by atoms with Crippen LogP contribution >= 0.6 is 0 Å². The van der Waals surface area contributed by atoms with E-state index in [2.05, 4.69) is 0 Å². The van der Waals surface area contributed by atoms with Gasteiger partial charge in [-0.2, -0.15) is 0 Å². The third-order valence-corrected chi connectivity index (χ3v) is 0. The number of hydrogen-bond donors (Lipinski definition) is 0. The molecule has 0 spiro atoms. The molecule has 0 fully saturated rings. The van der Waals surface area contributed by atoms with Gasteiger partial charge in [0, 0.05) is 0 Å². The first kappa shape index (κ1) is 11.2. The van der Waals surface area contributed by atoms with E-state index in [0.29, 0.717) is 0 Å². The van der Waals surface area contributed by atoms with Crippen molar-refractivity contribution in [2.45, 2.75) is 0 Å². The van der Waals surface area contributed by atoms with Gasteiger partial charge in [0.2, 0.25) is 0 Å². The minimum atomic E-state index is -7.74. The zero-order valence-electron chi connectivity index (χ0n) is 3.80. The molecule has 0 N–H and O–H groups in total. The fourth-order valence-electron chi connectivity index (χ4n) is 0. The molecular formula is O7SiV. The van der Waals surface area contributed by atoms with Gasteiger partial charge >= 0.3 is 40.3 Å². The van der Waals surface area contributed by atoms with Gasteiger partial charge in [0.1, 0.15) is 0 Å². The Kier molecular flexibility index (Phi) is 3.50. The van der Waals surface area contributed by atoms with Crippen molar-refractivity contribution in [3.05, 3.63) is 0 Å². The molecule has 0 unspecified atom stereocenters. The van der Waals surface area contributed by atoms with E-state index < -0.39 is 21.9 Å². The van der Waals surface area contributed by atoms with Crippen molar-refractivity contribution in [3.63, 3.8) is 0 Å². The Morgan fingerprint density at radius 2 is 0.778 bits per heavy atom. The molecule has 0 heterocycles. The zero-order valence-corrected chi connectivity index (χ0v) is 6.20. The maximum absolute atomic E-state index is 8.64. The summed E-state index contributed by atoms with van der Waals surface area (Å²) in [5.41, 5.74) is 0. The summed E-state index contributed by atoms with van der Waals surface area (Å²) in [5.74, 6) is 0. The van der Waals surface area contributed by atoms with Gasteiger partial charge in [-0.1, -0.05) is 0 Å². The molecule has 0 saturated carbocycles. The van der Waals surface area contributed by atoms with Crippen LogP contribution in [0.4, 0.5) is 0 Å². The van der Waals surface area contributed by atoms with E-state index in [9.17, 15) is 0 Å². The second-order valence-electron chi connectivity index (χ2n) is 0.829. The van der Waals surface area contributed by atoms with Gasteiger partial charge in [-0.25, -0.2) is 0 Å². The molecule has 0 aliphatic heterocycles. The molecule has 0 atom stereocenters. The summed E-state index contributed by atoms with van der Waals surface area (Å²) in [6, 6.07) is 0. The van der Waals surface area contributed by atoms with E-state index in [0.717, 1.165) is 0 Å². The first-order valence-corrected chi connectivity index (χ1v) is 4.99. The van der Waals surface area contributed by atoms with Crippen molar-refractivity contribution in [2.24, 2.45) is 0 Å². The predicted molar refractivity (Wildman–Crippen MR) is 10.6 cm³/mol. The Bertz CT molecular complexity index is 353. The van der Waals surface area contributed by atoms with E-state index in [1.54, 1.807) is 0 Å². The van der Waals surface area contributed by atoms with Gasteiger partial charge in [0.15, 0.2) is 0 Å². The van der Waals surface area contributed by atoms with Crippen LogP contribution in [0.2, 0.25) is 0 Å². The molecule has 0 radical (unpaired) electrons. The fourth-order valence-corrected chi connectivity index (χ4v) is 0. The Balaban J connectivity index is 0. The summed E-state index contributed by atoms with van der Waals surface area (Å²) in [6.45, 7) is 0. The van der Waals surface area contributed by atoms with Crippen molar-refractivity contribution >= 4 is 9.29 Å². The van der Waals surface area contributed by atoms with Crippen LogP contribution in [0.25, 0.3) is 0 Å². The van der Waals surface area contributed by atoms with Crippen LogP contribution in [-0.4, -0.2) is 9.29 Å². The van der Waals surface area contributed by atoms with Gasteiger partial charge in [-0.05, 0) is 0 Å². The second kappa shape index (κ2) is 2.80. The van der Waals surface area contributed by atoms with Crippen molar-refractivity contribution in [1.82, 2.24) is 0 Å². The molecular weight excluding hydrogens is 191 g/mol. The van der Waals surface area contributed by atoms with E-state index in [-0.39, 0.29) is 0 Å². The summed E-state index contributed by atoms with van der Waals surface area (Å²) in [4.78, 5) is 0. The third-order valence-electron chi connectivity index (χ3n) is 0. The average Bonchev–Trinajstić information content (AvgIpc) is 1.23. The maximum atomic E-state index is 8.64. The van der Waals surface area contributed by atoms with Crippen LogP contribution in [0.5, 0.6) is 0 Å². The summed E-state index contributed by atoms with van der Waals surface area (Å²) in [6.07, 6.45) is 0. The molecule has 0 amide bonds. The molecule has 0 saturated heterocycles. The molecule has 9 heteroatoms. The normalized spacial score (nSPS) is 7.56. The number of hydrogen-bond acceptors (Lipinski definition) is 7. The summed E-state index contributed by atoms with van der Waals surface area (Å²) in [7, 11) is -1.42. The molecule has 0 aliphatic rings. The first-order chi connectivity index (χ1) is 3.65. The van der Waals surface area contributed by atoms with E-state index in [1.165, 1.54) is 0 Å². The molecule has 0 aromatic heterocycles. The Morgan fingerprint density at radius 3 is 0.778 bits per heavy atom. The molecule has 0 aliphatic carbocycles. The first-order valence-electron chi connectivity index (χ1n) is 1.32. The van der Waals surface area contributed by atoms with Gasteiger partial charge in [-0.15, -0.1) is 0 Å². The monoisotopic (exact) mass is 191 g/mol. The van der Waals surface area contributed by atoms with Crippen LogP contribution in [0.1, 0.15) is 0 Å². The predicted octanol–water partition coefficient (Wildman–Crippen LogP) is -1.21. The van der Waals surface area contributed by atoms with Gasteiger partial charge < -0.3 is 0 Å². The van der Waals surface area contributed by atoms with Crippen LogP contribution < -0.4 is 0 Å². The molecule has 9 heavy (non-hydrogen) atoms. The van der Waals surface area contributed by atoms with Gasteiger partial charge in [0.05, 0.1) is 0 Å². The standard InChI is InChI=1S/O2Si.5O.V/c1-3-2;;;;;;. The average molecular weight is 191 g/mol. The van der Waals surface area contributed by atoms with Crippen LogP contribution in [-0.2, 0) is 39.9 Å². The molecule has 0 bridgehead atoms. The van der Waals surface area contributed by atoms with Crippen LogP contribution in [0.15, 0.2) is 0 Å². The van der Waals surface area contributed by atoms with E-state index in [4.69, 9.17) is 27.3 Å². The second-order valence-corrected chi connectivity index (χ2v) is 3.32. The van der Waals surface area contributed by atoms with Crippen molar-refractivity contribution in [3.8, 4) is 0 Å². The van der Waals surface area contributed by atoms with Gasteiger partial charge in [-0.3, -0.25) is 8.92 Å². The van der Waals surface area contributed by atoms with Crippen molar-refractivity contribution in [1.29, 1.82) is 0 Å². The van der Waals surface area contributed by atoms with Crippen LogP contribution in [0, 0.1) is 0 Å². The minimum absolute atomic E-state index is 1.42. The summed E-state index contributed by atoms with van der Waals surface area (Å²) >= 11 is -7.74. The van der Waals surface area contributed by atoms with E-state index in [1.807, 2.05) is 0 Å². The Hall–Kier alpha value is -0.599. The topological polar surface area (TPSA) is 119 Å². The fraction of sp³-hybridized carbons (Fsp3) is 0. The Morgan fingerprint density at radius 1 is 0.778 bits per heavy atom. The van der Waals surface area contributed by atoms with Crippen molar-refractivity contribution in [2.75, 3.05) is 0 Å². The third kappa shape index (κ3) is 602. The summed E-state index contributed by atoms with van der Waals surface area (Å²) in [5, 5.41) is 0. The quantitative estimate of drug-likeness (QED) is 0.440. The zero-order chi connectivity index (χ0) is 8.15. The summed E-state index contributed by atoms with van der Waals surface area (Å²) < 4.78 is 60.0. The van der Waals surface area contributed by atoms with Crippen molar-refractivity contribution < 1.29 is 39.9 Å². The van der Waals surface area contributed by atoms with Crippen LogP contribution in [0.3, 0.4) is 0 Å². The number of rotatable bonds is 0. The van der Waals surface area contributed by atoms with Gasteiger partial charge in [0.25, 0.3) is 0 Å². The van der Waals surface area contributed by atoms with E-state index >= 15 is 0 Å². The molecule has 7 nitrogen and oxygen atoms in total. The molecule has 0 aromatic rings. The molecule has 0 rings (SSSR count). The SMILES string of the molecule is O=[Si]=O.[O]=[V](=[O])(=[O])(=[O])=[O].